The molecule has 1 spiro atoms. The molecule has 172 valence electrons. The Hall–Kier alpha value is -4.38. The third-order valence-electron chi connectivity index (χ3n) is 6.71. The number of rotatable bonds is 4. The summed E-state index contributed by atoms with van der Waals surface area (Å²) >= 11 is 0. The van der Waals surface area contributed by atoms with Crippen LogP contribution < -0.4 is 9.64 Å². The molecule has 4 aromatic carbocycles. The number of ether oxygens (including phenoxy) is 2. The number of nitrogens with zero attached hydrogens (tertiary/aromatic N) is 1. The second-order valence-corrected chi connectivity index (χ2v) is 8.69. The van der Waals surface area contributed by atoms with Crippen LogP contribution in [0.25, 0.3) is 10.8 Å². The van der Waals surface area contributed by atoms with Gasteiger partial charge in [0.05, 0.1) is 13.2 Å². The van der Waals surface area contributed by atoms with Gasteiger partial charge in [-0.2, -0.15) is 0 Å². The highest BCUT2D eigenvalue weighted by atomic mass is 16.6. The van der Waals surface area contributed by atoms with E-state index in [1.165, 1.54) is 0 Å². The molecule has 0 saturated carbocycles. The Morgan fingerprint density at radius 1 is 0.914 bits per heavy atom. The molecule has 0 fully saturated rings. The van der Waals surface area contributed by atoms with Crippen LogP contribution in [0.15, 0.2) is 103 Å². The molecule has 0 bridgehead atoms. The maximum Gasteiger partial charge on any atom is 0.373 e. The summed E-state index contributed by atoms with van der Waals surface area (Å²) in [7, 11) is 0. The number of esters is 1. The van der Waals surface area contributed by atoms with E-state index in [2.05, 4.69) is 0 Å². The minimum Gasteiger partial charge on any atom is -0.460 e. The van der Waals surface area contributed by atoms with E-state index >= 15 is 0 Å². The van der Waals surface area contributed by atoms with Crippen molar-refractivity contribution in [2.75, 3.05) is 11.5 Å². The maximum atomic E-state index is 14.5. The summed E-state index contributed by atoms with van der Waals surface area (Å²) in [5.74, 6) is -0.193. The summed E-state index contributed by atoms with van der Waals surface area (Å²) in [6.07, 6.45) is 1.66. The lowest BCUT2D eigenvalue weighted by atomic mass is 9.71. The van der Waals surface area contributed by atoms with Crippen LogP contribution in [-0.4, -0.2) is 18.5 Å². The molecule has 4 aromatic rings. The summed E-state index contributed by atoms with van der Waals surface area (Å²) in [5, 5.41) is 1.91. The number of carbonyl (C=O) groups is 2. The van der Waals surface area contributed by atoms with Crippen LogP contribution in [0, 0.1) is 0 Å². The molecular formula is C30H23NO4. The number of anilines is 1. The zero-order valence-electron chi connectivity index (χ0n) is 19.2. The first-order valence-electron chi connectivity index (χ1n) is 11.7. The number of fused-ring (bicyclic) bond motifs is 6. The van der Waals surface area contributed by atoms with Gasteiger partial charge in [0, 0.05) is 11.3 Å². The van der Waals surface area contributed by atoms with Gasteiger partial charge in [0.25, 0.3) is 0 Å². The van der Waals surface area contributed by atoms with E-state index in [1.807, 2.05) is 91.0 Å². The second-order valence-electron chi connectivity index (χ2n) is 8.69. The molecule has 0 unspecified atom stereocenters. The second kappa shape index (κ2) is 8.13. The normalized spacial score (nSPS) is 18.1. The van der Waals surface area contributed by atoms with Gasteiger partial charge in [0.1, 0.15) is 11.2 Å². The van der Waals surface area contributed by atoms with Crippen LogP contribution in [0.1, 0.15) is 23.6 Å². The molecule has 2 aliphatic rings. The molecule has 5 heteroatoms. The van der Waals surface area contributed by atoms with Gasteiger partial charge >= 0.3 is 5.97 Å². The van der Waals surface area contributed by atoms with E-state index in [9.17, 15) is 9.59 Å². The van der Waals surface area contributed by atoms with Crippen LogP contribution in [0.3, 0.4) is 0 Å². The summed E-state index contributed by atoms with van der Waals surface area (Å²) in [6, 6.07) is 29.4. The minimum absolute atomic E-state index is 0.0272. The highest BCUT2D eigenvalue weighted by Crippen LogP contribution is 2.54. The molecule has 2 aliphatic heterocycles. The highest BCUT2D eigenvalue weighted by Gasteiger charge is 2.55. The quantitative estimate of drug-likeness (QED) is 0.376. The lowest BCUT2D eigenvalue weighted by molar-refractivity contribution is -0.141. The lowest BCUT2D eigenvalue weighted by Crippen LogP contribution is -2.42. The summed E-state index contributed by atoms with van der Waals surface area (Å²) in [6.45, 7) is 2.37. The number of para-hydroxylation sites is 1. The third kappa shape index (κ3) is 3.16. The summed E-state index contributed by atoms with van der Waals surface area (Å²) in [5.41, 5.74) is 2.19. The van der Waals surface area contributed by atoms with Gasteiger partial charge in [-0.3, -0.25) is 4.79 Å². The number of carbonyl (C=O) groups excluding carboxylic acids is 2. The SMILES string of the molecule is CCOC(=O)C1=C[C@@]2(C(=O)N(Cc3ccccc3)c3ccccc32)c2c(ccc3ccccc23)O1. The average Bonchev–Trinajstić information content (AvgIpc) is 3.12. The number of hydrogen-bond donors (Lipinski definition) is 0. The zero-order chi connectivity index (χ0) is 24.0. The maximum absolute atomic E-state index is 14.5. The molecule has 0 aliphatic carbocycles. The number of benzene rings is 4. The van der Waals surface area contributed by atoms with Gasteiger partial charge in [-0.05, 0) is 47.0 Å². The molecule has 2 heterocycles. The van der Waals surface area contributed by atoms with Crippen LogP contribution >= 0.6 is 0 Å². The molecule has 0 N–H and O–H groups in total. The van der Waals surface area contributed by atoms with Crippen molar-refractivity contribution in [2.45, 2.75) is 18.9 Å². The standard InChI is InChI=1S/C30H23NO4/c1-2-34-28(32)26-18-30(27-22-13-7-6-12-21(22)16-17-25(27)35-26)23-14-8-9-15-24(23)31(29(30)33)19-20-10-4-3-5-11-20/h3-18H,2,19H2,1H3/t30-/m0/s1. The van der Waals surface area contributed by atoms with Crippen LogP contribution in [0.4, 0.5) is 5.69 Å². The van der Waals surface area contributed by atoms with E-state index in [0.717, 1.165) is 33.2 Å². The Morgan fingerprint density at radius 2 is 1.66 bits per heavy atom. The van der Waals surface area contributed by atoms with Gasteiger partial charge in [0.2, 0.25) is 11.7 Å². The topological polar surface area (TPSA) is 55.8 Å². The van der Waals surface area contributed by atoms with Crippen molar-refractivity contribution in [3.8, 4) is 5.75 Å². The molecule has 0 saturated heterocycles. The van der Waals surface area contributed by atoms with E-state index in [1.54, 1.807) is 17.9 Å². The van der Waals surface area contributed by atoms with Crippen molar-refractivity contribution >= 4 is 28.3 Å². The largest absolute Gasteiger partial charge is 0.460 e. The summed E-state index contributed by atoms with van der Waals surface area (Å²) < 4.78 is 11.3. The average molecular weight is 462 g/mol. The highest BCUT2D eigenvalue weighted by molar-refractivity contribution is 6.15. The van der Waals surface area contributed by atoms with Crippen LogP contribution in [0.5, 0.6) is 5.75 Å². The minimum atomic E-state index is -1.22. The van der Waals surface area contributed by atoms with E-state index in [-0.39, 0.29) is 18.3 Å². The Balaban J connectivity index is 1.64. The van der Waals surface area contributed by atoms with Crippen molar-refractivity contribution in [3.05, 3.63) is 120 Å². The number of hydrogen-bond acceptors (Lipinski definition) is 4. The molecular weight excluding hydrogens is 438 g/mol. The Labute approximate surface area is 203 Å². The fourth-order valence-electron chi connectivity index (χ4n) is 5.25. The molecule has 1 atom stereocenters. The van der Waals surface area contributed by atoms with Crippen LogP contribution in [-0.2, 0) is 26.3 Å². The Morgan fingerprint density at radius 3 is 2.49 bits per heavy atom. The van der Waals surface area contributed by atoms with Crippen molar-refractivity contribution in [2.24, 2.45) is 0 Å². The van der Waals surface area contributed by atoms with Gasteiger partial charge in [-0.1, -0.05) is 78.9 Å². The van der Waals surface area contributed by atoms with E-state index in [4.69, 9.17) is 9.47 Å². The third-order valence-corrected chi connectivity index (χ3v) is 6.71. The lowest BCUT2D eigenvalue weighted by Gasteiger charge is -2.33. The molecule has 1 amide bonds. The molecule has 6 rings (SSSR count). The molecule has 35 heavy (non-hydrogen) atoms. The zero-order valence-corrected chi connectivity index (χ0v) is 19.2. The predicted octanol–water partition coefficient (Wildman–Crippen LogP) is 5.51. The fraction of sp³-hybridized carbons (Fsp3) is 0.133. The van der Waals surface area contributed by atoms with Crippen LogP contribution in [0.2, 0.25) is 0 Å². The molecule has 0 aromatic heterocycles. The van der Waals surface area contributed by atoms with Crippen molar-refractivity contribution < 1.29 is 19.1 Å². The van der Waals surface area contributed by atoms with Gasteiger partial charge in [0.15, 0.2) is 0 Å². The first-order chi connectivity index (χ1) is 17.1. The van der Waals surface area contributed by atoms with E-state index in [0.29, 0.717) is 12.3 Å². The summed E-state index contributed by atoms with van der Waals surface area (Å²) in [4.78, 5) is 29.2. The molecule has 0 radical (unpaired) electrons. The van der Waals surface area contributed by atoms with Crippen molar-refractivity contribution in [1.82, 2.24) is 0 Å². The number of amides is 1. The Kier molecular flexibility index (Phi) is 4.92. The smallest absolute Gasteiger partial charge is 0.373 e. The Bertz CT molecular complexity index is 1510. The fourth-order valence-corrected chi connectivity index (χ4v) is 5.25. The van der Waals surface area contributed by atoms with Crippen molar-refractivity contribution in [1.29, 1.82) is 0 Å². The monoisotopic (exact) mass is 461 g/mol. The first kappa shape index (κ1) is 21.2. The first-order valence-corrected chi connectivity index (χ1v) is 11.7. The predicted molar refractivity (Wildman–Crippen MR) is 134 cm³/mol. The van der Waals surface area contributed by atoms with Crippen molar-refractivity contribution in [3.63, 3.8) is 0 Å². The van der Waals surface area contributed by atoms with Gasteiger partial charge < -0.3 is 14.4 Å². The van der Waals surface area contributed by atoms with Gasteiger partial charge in [-0.15, -0.1) is 0 Å². The van der Waals surface area contributed by atoms with E-state index < -0.39 is 11.4 Å². The van der Waals surface area contributed by atoms with Gasteiger partial charge in [-0.25, -0.2) is 4.79 Å². The molecule has 5 nitrogen and oxygen atoms in total.